The third-order valence-corrected chi connectivity index (χ3v) is 7.67. The summed E-state index contributed by atoms with van der Waals surface area (Å²) in [6.45, 7) is 6.85. The van der Waals surface area contributed by atoms with E-state index in [9.17, 15) is 0 Å². The summed E-state index contributed by atoms with van der Waals surface area (Å²) in [5, 5.41) is 3.42. The van der Waals surface area contributed by atoms with E-state index < -0.39 is 0 Å². The van der Waals surface area contributed by atoms with Crippen LogP contribution in [-0.4, -0.2) is 60.2 Å². The quantitative estimate of drug-likeness (QED) is 0.825. The van der Waals surface area contributed by atoms with Crippen LogP contribution in [0.1, 0.15) is 82.6 Å². The number of nitrogens with zero attached hydrogens (tertiary/aromatic N) is 4. The van der Waals surface area contributed by atoms with Crippen molar-refractivity contribution in [2.24, 2.45) is 5.92 Å². The Balaban J connectivity index is 0.000000216. The lowest BCUT2D eigenvalue weighted by Crippen LogP contribution is -2.53. The first-order chi connectivity index (χ1) is 14.2. The Hall–Kier alpha value is -1.20. The van der Waals surface area contributed by atoms with E-state index in [-0.39, 0.29) is 0 Å². The van der Waals surface area contributed by atoms with Gasteiger partial charge in [0.05, 0.1) is 0 Å². The van der Waals surface area contributed by atoms with Crippen molar-refractivity contribution in [2.75, 3.05) is 38.1 Å². The minimum atomic E-state index is 0.610. The zero-order valence-corrected chi connectivity index (χ0v) is 18.7. The van der Waals surface area contributed by atoms with Gasteiger partial charge in [0.2, 0.25) is 5.95 Å². The Labute approximate surface area is 177 Å². The number of nitrogens with one attached hydrogen (secondary N) is 1. The van der Waals surface area contributed by atoms with Gasteiger partial charge in [-0.1, -0.05) is 45.4 Å². The van der Waals surface area contributed by atoms with Gasteiger partial charge in [0.25, 0.3) is 0 Å². The van der Waals surface area contributed by atoms with Gasteiger partial charge in [-0.2, -0.15) is 0 Å². The van der Waals surface area contributed by atoms with Crippen molar-refractivity contribution in [3.8, 4) is 0 Å². The molecule has 29 heavy (non-hydrogen) atoms. The molecule has 2 atom stereocenters. The maximum absolute atomic E-state index is 4.72. The summed E-state index contributed by atoms with van der Waals surface area (Å²) in [6, 6.07) is 1.22. The van der Waals surface area contributed by atoms with Crippen LogP contribution < -0.4 is 10.2 Å². The lowest BCUT2D eigenvalue weighted by Gasteiger charge is -2.39. The predicted octanol–water partition coefficient (Wildman–Crippen LogP) is 4.20. The number of piperazine rings is 1. The Bertz CT molecular complexity index is 592. The topological polar surface area (TPSA) is 44.3 Å². The maximum Gasteiger partial charge on any atom is 0.225 e. The Morgan fingerprint density at radius 3 is 2.07 bits per heavy atom. The Morgan fingerprint density at radius 2 is 1.52 bits per heavy atom. The number of anilines is 1. The van der Waals surface area contributed by atoms with Gasteiger partial charge in [0.1, 0.15) is 0 Å². The molecule has 0 amide bonds. The highest BCUT2D eigenvalue weighted by molar-refractivity contribution is 5.38. The van der Waals surface area contributed by atoms with E-state index in [1.54, 1.807) is 0 Å². The van der Waals surface area contributed by atoms with Crippen LogP contribution in [0.2, 0.25) is 0 Å². The number of hydrogen-bond acceptors (Lipinski definition) is 5. The number of aromatic nitrogens is 2. The molecular weight excluding hydrogens is 358 g/mol. The van der Waals surface area contributed by atoms with E-state index in [0.717, 1.165) is 38.0 Å². The number of piperidine rings is 1. The van der Waals surface area contributed by atoms with Gasteiger partial charge < -0.3 is 15.1 Å². The van der Waals surface area contributed by atoms with Crippen LogP contribution in [0.15, 0.2) is 12.4 Å². The van der Waals surface area contributed by atoms with Crippen LogP contribution >= 0.6 is 0 Å². The molecule has 1 aromatic heterocycles. The molecule has 3 aliphatic heterocycles. The van der Waals surface area contributed by atoms with Gasteiger partial charge in [-0.05, 0) is 63.2 Å². The first kappa shape index (κ1) is 21.0. The van der Waals surface area contributed by atoms with Gasteiger partial charge in [-0.15, -0.1) is 0 Å². The summed E-state index contributed by atoms with van der Waals surface area (Å²) in [5.41, 5.74) is 1.32. The lowest BCUT2D eigenvalue weighted by atomic mass is 9.88. The molecule has 5 rings (SSSR count). The predicted molar refractivity (Wildman–Crippen MR) is 121 cm³/mol. The molecule has 162 valence electrons. The minimum absolute atomic E-state index is 0.610. The molecule has 0 radical (unpaired) electrons. The number of likely N-dealkylation sites (N-methyl/N-ethyl adjacent to an activating group) is 1. The summed E-state index contributed by atoms with van der Waals surface area (Å²) < 4.78 is 0. The van der Waals surface area contributed by atoms with E-state index in [0.29, 0.717) is 18.0 Å². The van der Waals surface area contributed by atoms with Gasteiger partial charge in [0.15, 0.2) is 0 Å². The standard InChI is InChI=1S/C16H25N5.C8H16/c1-20-10-14-2-3-15(11-20)21(14)16-18-8-13(9-19-16)12-4-6-17-7-5-12;1-2-8-6-4-3-5-7-8/h8-9,12,14-15,17H,2-7,10-11H2,1H3;8H,2-7H2,1H3. The molecule has 1 aliphatic carbocycles. The molecule has 5 heteroatoms. The van der Waals surface area contributed by atoms with Gasteiger partial charge in [0, 0.05) is 37.6 Å². The fourth-order valence-corrected chi connectivity index (χ4v) is 5.87. The highest BCUT2D eigenvalue weighted by Gasteiger charge is 2.40. The number of likely N-dealkylation sites (tertiary alicyclic amines) is 1. The van der Waals surface area contributed by atoms with Crippen molar-refractivity contribution in [2.45, 2.75) is 89.1 Å². The number of rotatable bonds is 3. The Morgan fingerprint density at radius 1 is 0.897 bits per heavy atom. The molecule has 2 unspecified atom stereocenters. The molecular formula is C24H41N5. The Kier molecular flexibility index (Phi) is 7.41. The first-order valence-electron chi connectivity index (χ1n) is 12.2. The monoisotopic (exact) mass is 399 g/mol. The van der Waals surface area contributed by atoms with Crippen LogP contribution in [0.25, 0.3) is 0 Å². The second-order valence-corrected chi connectivity index (χ2v) is 9.77. The van der Waals surface area contributed by atoms with E-state index >= 15 is 0 Å². The average molecular weight is 400 g/mol. The molecule has 4 fully saturated rings. The minimum Gasteiger partial charge on any atom is -0.332 e. The molecule has 4 aliphatic rings. The van der Waals surface area contributed by atoms with Crippen LogP contribution in [0.5, 0.6) is 0 Å². The van der Waals surface area contributed by atoms with Gasteiger partial charge in [-0.3, -0.25) is 0 Å². The van der Waals surface area contributed by atoms with E-state index in [4.69, 9.17) is 9.97 Å². The van der Waals surface area contributed by atoms with Crippen LogP contribution in [0, 0.1) is 5.92 Å². The van der Waals surface area contributed by atoms with Crippen LogP contribution in [-0.2, 0) is 0 Å². The zero-order valence-electron chi connectivity index (χ0n) is 18.7. The fourth-order valence-electron chi connectivity index (χ4n) is 5.87. The third-order valence-electron chi connectivity index (χ3n) is 7.67. The summed E-state index contributed by atoms with van der Waals surface area (Å²) in [4.78, 5) is 14.4. The summed E-state index contributed by atoms with van der Waals surface area (Å²) in [7, 11) is 2.23. The van der Waals surface area contributed by atoms with Gasteiger partial charge >= 0.3 is 0 Å². The van der Waals surface area contributed by atoms with E-state index in [1.165, 1.54) is 69.8 Å². The second kappa shape index (κ2) is 10.2. The number of fused-ring (bicyclic) bond motifs is 2. The molecule has 1 aromatic rings. The summed E-state index contributed by atoms with van der Waals surface area (Å²) in [6.07, 6.45) is 18.1. The van der Waals surface area contributed by atoms with Gasteiger partial charge in [-0.25, -0.2) is 9.97 Å². The third kappa shape index (κ3) is 5.29. The highest BCUT2D eigenvalue weighted by atomic mass is 15.4. The lowest BCUT2D eigenvalue weighted by molar-refractivity contribution is 0.262. The zero-order chi connectivity index (χ0) is 20.1. The van der Waals surface area contributed by atoms with Crippen molar-refractivity contribution in [1.29, 1.82) is 0 Å². The molecule has 1 saturated carbocycles. The molecule has 0 aromatic carbocycles. The molecule has 4 heterocycles. The SMILES string of the molecule is CCC1CCCCC1.CN1CC2CCC(C1)N2c1ncc(C2CCNCC2)cn1. The van der Waals surface area contributed by atoms with E-state index in [2.05, 4.69) is 41.5 Å². The van der Waals surface area contributed by atoms with Crippen molar-refractivity contribution in [3.05, 3.63) is 18.0 Å². The summed E-state index contributed by atoms with van der Waals surface area (Å²) >= 11 is 0. The van der Waals surface area contributed by atoms with Crippen LogP contribution in [0.3, 0.4) is 0 Å². The second-order valence-electron chi connectivity index (χ2n) is 9.77. The average Bonchev–Trinajstić information content (AvgIpc) is 3.06. The molecule has 3 saturated heterocycles. The highest BCUT2D eigenvalue weighted by Crippen LogP contribution is 2.33. The van der Waals surface area contributed by atoms with Crippen molar-refractivity contribution < 1.29 is 0 Å². The number of hydrogen-bond donors (Lipinski definition) is 1. The molecule has 0 spiro atoms. The van der Waals surface area contributed by atoms with Crippen molar-refractivity contribution in [3.63, 3.8) is 0 Å². The molecule has 2 bridgehead atoms. The fraction of sp³-hybridized carbons (Fsp3) is 0.833. The van der Waals surface area contributed by atoms with Crippen molar-refractivity contribution in [1.82, 2.24) is 20.2 Å². The summed E-state index contributed by atoms with van der Waals surface area (Å²) in [5.74, 6) is 2.68. The normalized spacial score (nSPS) is 28.8. The first-order valence-corrected chi connectivity index (χ1v) is 12.2. The van der Waals surface area contributed by atoms with Crippen LogP contribution in [0.4, 0.5) is 5.95 Å². The molecule has 1 N–H and O–H groups in total. The largest absolute Gasteiger partial charge is 0.332 e. The maximum atomic E-state index is 4.72. The molecule has 5 nitrogen and oxygen atoms in total. The van der Waals surface area contributed by atoms with E-state index in [1.807, 2.05) is 0 Å². The van der Waals surface area contributed by atoms with Crippen molar-refractivity contribution >= 4 is 5.95 Å². The smallest absolute Gasteiger partial charge is 0.225 e.